The lowest BCUT2D eigenvalue weighted by Gasteiger charge is -2.32. The highest BCUT2D eigenvalue weighted by atomic mass is 32.1. The van der Waals surface area contributed by atoms with Gasteiger partial charge in [0.25, 0.3) is 5.91 Å². The molecule has 3 aliphatic rings. The van der Waals surface area contributed by atoms with Gasteiger partial charge in [0.1, 0.15) is 12.1 Å². The Morgan fingerprint density at radius 3 is 2.96 bits per heavy atom. The third-order valence-electron chi connectivity index (χ3n) is 5.29. The number of thiophene rings is 1. The summed E-state index contributed by atoms with van der Waals surface area (Å²) in [5.74, 6) is 1.15. The summed E-state index contributed by atoms with van der Waals surface area (Å²) in [6, 6.07) is 9.04. The highest BCUT2D eigenvalue weighted by Gasteiger charge is 2.54. The number of aryl methyl sites for hydroxylation is 1. The van der Waals surface area contributed by atoms with Crippen LogP contribution in [0.1, 0.15) is 23.3 Å². The first-order chi connectivity index (χ1) is 12.7. The summed E-state index contributed by atoms with van der Waals surface area (Å²) in [4.78, 5) is 28.3. The molecule has 5 rings (SSSR count). The molecule has 2 aromatic rings. The first kappa shape index (κ1) is 15.7. The van der Waals surface area contributed by atoms with Crippen molar-refractivity contribution < 1.29 is 19.1 Å². The molecule has 1 aliphatic carbocycles. The molecule has 2 atom stereocenters. The van der Waals surface area contributed by atoms with Crippen LogP contribution in [0, 0.1) is 0 Å². The zero-order chi connectivity index (χ0) is 17.7. The van der Waals surface area contributed by atoms with Crippen molar-refractivity contribution in [2.45, 2.75) is 30.9 Å². The molecule has 1 fully saturated rings. The number of amides is 3. The first-order valence-electron chi connectivity index (χ1n) is 8.77. The Balaban J connectivity index is 1.39. The molecule has 6 nitrogen and oxygen atoms in total. The number of nitrogens with one attached hydrogen (secondary N) is 1. The highest BCUT2D eigenvalue weighted by molar-refractivity contribution is 7.10. The maximum Gasteiger partial charge on any atom is 0.325 e. The van der Waals surface area contributed by atoms with E-state index < -0.39 is 5.54 Å². The van der Waals surface area contributed by atoms with Gasteiger partial charge in [-0.1, -0.05) is 12.1 Å². The molecule has 2 unspecified atom stereocenters. The number of carbonyl (C=O) groups is 2. The average molecular weight is 370 g/mol. The van der Waals surface area contributed by atoms with Crippen molar-refractivity contribution in [1.29, 1.82) is 0 Å². The number of rotatable bonds is 2. The van der Waals surface area contributed by atoms with E-state index in [2.05, 4.69) is 5.32 Å². The monoisotopic (exact) mass is 370 g/mol. The molecule has 0 saturated carbocycles. The summed E-state index contributed by atoms with van der Waals surface area (Å²) < 4.78 is 11.6. The lowest BCUT2D eigenvalue weighted by Crippen LogP contribution is -2.47. The number of ether oxygens (including phenoxy) is 2. The number of para-hydroxylation sites is 2. The maximum atomic E-state index is 13.2. The van der Waals surface area contributed by atoms with E-state index in [4.69, 9.17) is 9.47 Å². The Labute approximate surface area is 154 Å². The molecule has 3 amide bonds. The minimum atomic E-state index is -0.905. The van der Waals surface area contributed by atoms with Crippen molar-refractivity contribution in [3.8, 4) is 11.5 Å². The topological polar surface area (TPSA) is 67.9 Å². The standard InChI is InChI=1S/C19H18N2O4S/c22-17-19(8-3-6-16-13(19)7-9-26-16)20-18(23)21(17)10-12-11-24-14-4-1-2-5-15(14)25-12/h1-2,4-5,7,9,12H,3,6,8,10-11H2,(H,20,23). The number of hydrogen-bond donors (Lipinski definition) is 1. The molecule has 1 aromatic heterocycles. The Morgan fingerprint density at radius 1 is 1.23 bits per heavy atom. The van der Waals surface area contributed by atoms with Crippen LogP contribution in [0.3, 0.4) is 0 Å². The minimum absolute atomic E-state index is 0.177. The van der Waals surface area contributed by atoms with Crippen molar-refractivity contribution in [2.24, 2.45) is 0 Å². The van der Waals surface area contributed by atoms with E-state index in [-0.39, 0.29) is 24.6 Å². The van der Waals surface area contributed by atoms with Crippen LogP contribution in [0.5, 0.6) is 11.5 Å². The Kier molecular flexibility index (Phi) is 3.46. The van der Waals surface area contributed by atoms with Crippen molar-refractivity contribution >= 4 is 23.3 Å². The van der Waals surface area contributed by atoms with Gasteiger partial charge in [0, 0.05) is 10.4 Å². The van der Waals surface area contributed by atoms with Gasteiger partial charge in [0.05, 0.1) is 6.54 Å². The van der Waals surface area contributed by atoms with Crippen LogP contribution < -0.4 is 14.8 Å². The van der Waals surface area contributed by atoms with E-state index in [1.54, 1.807) is 11.3 Å². The third kappa shape index (κ3) is 2.23. The molecule has 3 heterocycles. The molecular weight excluding hydrogens is 352 g/mol. The zero-order valence-electron chi connectivity index (χ0n) is 14.1. The normalized spacial score (nSPS) is 26.8. The van der Waals surface area contributed by atoms with Gasteiger partial charge >= 0.3 is 6.03 Å². The Hall–Kier alpha value is -2.54. The third-order valence-corrected chi connectivity index (χ3v) is 6.27. The fourth-order valence-electron chi connectivity index (χ4n) is 4.06. The summed E-state index contributed by atoms with van der Waals surface area (Å²) in [5.41, 5.74) is 0.0544. The Morgan fingerprint density at radius 2 is 2.08 bits per heavy atom. The van der Waals surface area contributed by atoms with E-state index in [1.807, 2.05) is 35.7 Å². The second-order valence-electron chi connectivity index (χ2n) is 6.86. The van der Waals surface area contributed by atoms with Gasteiger partial charge in [0.15, 0.2) is 17.6 Å². The number of benzene rings is 1. The summed E-state index contributed by atoms with van der Waals surface area (Å²) >= 11 is 1.65. The molecule has 26 heavy (non-hydrogen) atoms. The highest BCUT2D eigenvalue weighted by Crippen LogP contribution is 2.42. The smallest absolute Gasteiger partial charge is 0.325 e. The van der Waals surface area contributed by atoms with Gasteiger partial charge in [-0.3, -0.25) is 9.69 Å². The van der Waals surface area contributed by atoms with Crippen LogP contribution in [0.25, 0.3) is 0 Å². The van der Waals surface area contributed by atoms with Gasteiger partial charge in [-0.15, -0.1) is 11.3 Å². The van der Waals surface area contributed by atoms with Gasteiger partial charge in [-0.05, 0) is 42.8 Å². The minimum Gasteiger partial charge on any atom is -0.486 e. The fraction of sp³-hybridized carbons (Fsp3) is 0.368. The largest absolute Gasteiger partial charge is 0.486 e. The number of nitrogens with zero attached hydrogens (tertiary/aromatic N) is 1. The van der Waals surface area contributed by atoms with E-state index in [1.165, 1.54) is 9.78 Å². The van der Waals surface area contributed by atoms with E-state index in [0.29, 0.717) is 24.5 Å². The molecule has 1 spiro atoms. The van der Waals surface area contributed by atoms with Gasteiger partial charge in [-0.25, -0.2) is 4.79 Å². The number of urea groups is 1. The molecule has 0 bridgehead atoms. The predicted octanol–water partition coefficient (Wildman–Crippen LogP) is 2.67. The van der Waals surface area contributed by atoms with Crippen LogP contribution in [0.2, 0.25) is 0 Å². The Bertz CT molecular complexity index is 895. The number of hydrogen-bond acceptors (Lipinski definition) is 5. The quantitative estimate of drug-likeness (QED) is 0.826. The van der Waals surface area contributed by atoms with Crippen LogP contribution in [-0.4, -0.2) is 36.1 Å². The second-order valence-corrected chi connectivity index (χ2v) is 7.86. The summed E-state index contributed by atoms with van der Waals surface area (Å²) in [7, 11) is 0. The second kappa shape index (κ2) is 5.74. The van der Waals surface area contributed by atoms with Crippen molar-refractivity contribution in [3.05, 3.63) is 46.2 Å². The summed E-state index contributed by atoms with van der Waals surface area (Å²) in [6.07, 6.45) is 2.13. The van der Waals surface area contributed by atoms with E-state index >= 15 is 0 Å². The van der Waals surface area contributed by atoms with Crippen molar-refractivity contribution in [1.82, 2.24) is 10.2 Å². The van der Waals surface area contributed by atoms with Crippen molar-refractivity contribution in [3.63, 3.8) is 0 Å². The number of fused-ring (bicyclic) bond motifs is 3. The lowest BCUT2D eigenvalue weighted by molar-refractivity contribution is -0.133. The van der Waals surface area contributed by atoms with Gasteiger partial charge in [0.2, 0.25) is 0 Å². The van der Waals surface area contributed by atoms with Crippen LogP contribution >= 0.6 is 11.3 Å². The van der Waals surface area contributed by atoms with Crippen LogP contribution in [-0.2, 0) is 16.8 Å². The first-order valence-corrected chi connectivity index (χ1v) is 9.65. The maximum absolute atomic E-state index is 13.2. The van der Waals surface area contributed by atoms with E-state index in [9.17, 15) is 9.59 Å². The molecular formula is C19H18N2O4S. The molecule has 1 saturated heterocycles. The van der Waals surface area contributed by atoms with Gasteiger partial charge < -0.3 is 14.8 Å². The van der Waals surface area contributed by atoms with Crippen molar-refractivity contribution in [2.75, 3.05) is 13.2 Å². The summed E-state index contributed by atoms with van der Waals surface area (Å²) in [5, 5.41) is 4.96. The molecule has 2 aliphatic heterocycles. The van der Waals surface area contributed by atoms with Crippen LogP contribution in [0.4, 0.5) is 4.79 Å². The SMILES string of the molecule is O=C1NC2(CCCc3sccc32)C(=O)N1CC1COc2ccccc2O1. The van der Waals surface area contributed by atoms with Gasteiger partial charge in [-0.2, -0.15) is 0 Å². The number of imide groups is 1. The zero-order valence-corrected chi connectivity index (χ0v) is 14.9. The molecule has 134 valence electrons. The fourth-order valence-corrected chi connectivity index (χ4v) is 5.06. The van der Waals surface area contributed by atoms with Crippen LogP contribution in [0.15, 0.2) is 35.7 Å². The number of carbonyl (C=O) groups excluding carboxylic acids is 2. The molecule has 7 heteroatoms. The molecule has 1 aromatic carbocycles. The average Bonchev–Trinajstić information content (AvgIpc) is 3.22. The molecule has 1 N–H and O–H groups in total. The predicted molar refractivity (Wildman–Crippen MR) is 95.5 cm³/mol. The lowest BCUT2D eigenvalue weighted by atomic mass is 9.80. The molecule has 0 radical (unpaired) electrons. The van der Waals surface area contributed by atoms with E-state index in [0.717, 1.165) is 18.4 Å². The summed E-state index contributed by atoms with van der Waals surface area (Å²) in [6.45, 7) is 0.491.